The molecule has 0 bridgehead atoms. The number of aromatic nitrogens is 2. The molecule has 124 valence electrons. The topological polar surface area (TPSA) is 104 Å². The molecule has 0 spiro atoms. The van der Waals surface area contributed by atoms with Crippen molar-refractivity contribution in [2.24, 2.45) is 0 Å². The number of hydrogen-bond donors (Lipinski definition) is 2. The Kier molecular flexibility index (Phi) is 4.56. The molecule has 0 aliphatic carbocycles. The van der Waals surface area contributed by atoms with Crippen LogP contribution < -0.4 is 10.7 Å². The van der Waals surface area contributed by atoms with Crippen molar-refractivity contribution in [3.05, 3.63) is 22.7 Å². The van der Waals surface area contributed by atoms with Crippen molar-refractivity contribution in [1.29, 1.82) is 0 Å². The Labute approximate surface area is 138 Å². The van der Waals surface area contributed by atoms with E-state index >= 15 is 0 Å². The van der Waals surface area contributed by atoms with E-state index in [9.17, 15) is 14.4 Å². The first kappa shape index (κ1) is 17.1. The van der Waals surface area contributed by atoms with Gasteiger partial charge in [0.05, 0.1) is 11.2 Å². The summed E-state index contributed by atoms with van der Waals surface area (Å²) in [4.78, 5) is 44.6. The Balaban J connectivity index is 2.25. The number of hydrazine groups is 1. The average Bonchev–Trinajstić information content (AvgIpc) is 2.71. The second kappa shape index (κ2) is 6.11. The SMILES string of the molecule is CC[C@]1(C)NC(=O)N(NC(=O)c2nc(C(C)C)ncc2Cl)C1=O. The van der Waals surface area contributed by atoms with Gasteiger partial charge in [-0.2, -0.15) is 5.01 Å². The molecule has 23 heavy (non-hydrogen) atoms. The number of urea groups is 1. The quantitative estimate of drug-likeness (QED) is 0.811. The van der Waals surface area contributed by atoms with Gasteiger partial charge in [0.2, 0.25) is 0 Å². The number of carbonyl (C=O) groups excluding carboxylic acids is 3. The summed E-state index contributed by atoms with van der Waals surface area (Å²) in [5, 5.41) is 3.23. The van der Waals surface area contributed by atoms with Crippen LogP contribution in [0.25, 0.3) is 0 Å². The molecule has 1 aromatic rings. The molecule has 1 aromatic heterocycles. The summed E-state index contributed by atoms with van der Waals surface area (Å²) in [5.74, 6) is -0.843. The normalized spacial score (nSPS) is 20.9. The zero-order valence-electron chi connectivity index (χ0n) is 13.3. The number of amides is 4. The zero-order chi connectivity index (χ0) is 17.4. The Morgan fingerprint density at radius 1 is 1.48 bits per heavy atom. The molecule has 9 heteroatoms. The van der Waals surface area contributed by atoms with Crippen LogP contribution >= 0.6 is 11.6 Å². The molecule has 0 unspecified atom stereocenters. The number of nitrogens with one attached hydrogen (secondary N) is 2. The number of carbonyl (C=O) groups is 3. The lowest BCUT2D eigenvalue weighted by atomic mass is 10.00. The molecule has 0 aromatic carbocycles. The van der Waals surface area contributed by atoms with Crippen molar-refractivity contribution in [3.63, 3.8) is 0 Å². The molecule has 1 saturated heterocycles. The van der Waals surface area contributed by atoms with Gasteiger partial charge >= 0.3 is 6.03 Å². The summed E-state index contributed by atoms with van der Waals surface area (Å²) >= 11 is 5.95. The fraction of sp³-hybridized carbons (Fsp3) is 0.500. The largest absolute Gasteiger partial charge is 0.344 e. The molecule has 2 heterocycles. The Hall–Kier alpha value is -2.22. The maximum absolute atomic E-state index is 12.3. The van der Waals surface area contributed by atoms with Gasteiger partial charge in [-0.15, -0.1) is 0 Å². The van der Waals surface area contributed by atoms with Crippen molar-refractivity contribution in [1.82, 2.24) is 25.7 Å². The monoisotopic (exact) mass is 339 g/mol. The number of nitrogens with zero attached hydrogens (tertiary/aromatic N) is 3. The van der Waals surface area contributed by atoms with Crippen LogP contribution in [-0.2, 0) is 4.79 Å². The number of hydrogen-bond acceptors (Lipinski definition) is 5. The Morgan fingerprint density at radius 2 is 2.13 bits per heavy atom. The van der Waals surface area contributed by atoms with E-state index in [0.717, 1.165) is 0 Å². The summed E-state index contributed by atoms with van der Waals surface area (Å²) < 4.78 is 0. The van der Waals surface area contributed by atoms with E-state index in [1.165, 1.54) is 6.20 Å². The van der Waals surface area contributed by atoms with Gasteiger partial charge in [0.1, 0.15) is 11.4 Å². The first-order valence-corrected chi connectivity index (χ1v) is 7.57. The highest BCUT2D eigenvalue weighted by molar-refractivity contribution is 6.33. The minimum Gasteiger partial charge on any atom is -0.322 e. The van der Waals surface area contributed by atoms with E-state index < -0.39 is 23.4 Å². The van der Waals surface area contributed by atoms with Gasteiger partial charge in [-0.05, 0) is 13.3 Å². The Bertz CT molecular complexity index is 678. The predicted octanol–water partition coefficient (Wildman–Crippen LogP) is 1.62. The molecule has 1 fully saturated rings. The van der Waals surface area contributed by atoms with Gasteiger partial charge in [-0.3, -0.25) is 15.0 Å². The highest BCUT2D eigenvalue weighted by Crippen LogP contribution is 2.20. The maximum Gasteiger partial charge on any atom is 0.344 e. The molecule has 4 amide bonds. The summed E-state index contributed by atoms with van der Waals surface area (Å²) in [6.45, 7) is 7.09. The van der Waals surface area contributed by atoms with Gasteiger partial charge < -0.3 is 5.32 Å². The van der Waals surface area contributed by atoms with E-state index in [2.05, 4.69) is 20.7 Å². The molecule has 2 N–H and O–H groups in total. The summed E-state index contributed by atoms with van der Waals surface area (Å²) in [6.07, 6.45) is 1.72. The molecule has 1 aliphatic heterocycles. The fourth-order valence-corrected chi connectivity index (χ4v) is 2.18. The molecule has 0 radical (unpaired) electrons. The van der Waals surface area contributed by atoms with Crippen LogP contribution in [0.2, 0.25) is 5.02 Å². The third kappa shape index (κ3) is 3.12. The Morgan fingerprint density at radius 3 is 2.65 bits per heavy atom. The van der Waals surface area contributed by atoms with Crippen LogP contribution in [0, 0.1) is 0 Å². The summed E-state index contributed by atoms with van der Waals surface area (Å²) in [6, 6.07) is -0.693. The molecular weight excluding hydrogens is 322 g/mol. The summed E-state index contributed by atoms with van der Waals surface area (Å²) in [5.41, 5.74) is 1.12. The molecule has 1 atom stereocenters. The van der Waals surface area contributed by atoms with Crippen LogP contribution in [-0.4, -0.2) is 38.4 Å². The van der Waals surface area contributed by atoms with Crippen molar-refractivity contribution < 1.29 is 14.4 Å². The standard InChI is InChI=1S/C14H18ClN5O3/c1-5-14(4)12(22)20(13(23)18-14)19-11(21)9-8(15)6-16-10(17-9)7(2)3/h6-7H,5H2,1-4H3,(H,18,23)(H,19,21)/t14-/m0/s1. The second-order valence-corrected chi connectivity index (χ2v) is 6.18. The van der Waals surface area contributed by atoms with Gasteiger partial charge in [-0.25, -0.2) is 14.8 Å². The first-order valence-electron chi connectivity index (χ1n) is 7.19. The number of imide groups is 1. The van der Waals surface area contributed by atoms with Crippen molar-refractivity contribution in [2.45, 2.75) is 45.6 Å². The van der Waals surface area contributed by atoms with Crippen molar-refractivity contribution >= 4 is 29.4 Å². The van der Waals surface area contributed by atoms with Crippen molar-refractivity contribution in [2.75, 3.05) is 0 Å². The zero-order valence-corrected chi connectivity index (χ0v) is 14.1. The van der Waals surface area contributed by atoms with Crippen molar-refractivity contribution in [3.8, 4) is 0 Å². The number of halogens is 1. The average molecular weight is 340 g/mol. The van der Waals surface area contributed by atoms with E-state index in [1.807, 2.05) is 13.8 Å². The van der Waals surface area contributed by atoms with E-state index in [0.29, 0.717) is 17.3 Å². The lowest BCUT2D eigenvalue weighted by molar-refractivity contribution is -0.132. The highest BCUT2D eigenvalue weighted by Gasteiger charge is 2.47. The molecular formula is C14H18ClN5O3. The summed E-state index contributed by atoms with van der Waals surface area (Å²) in [7, 11) is 0. The van der Waals surface area contributed by atoms with Gasteiger partial charge in [0.25, 0.3) is 11.8 Å². The number of rotatable bonds is 4. The molecule has 2 rings (SSSR count). The second-order valence-electron chi connectivity index (χ2n) is 5.78. The van der Waals surface area contributed by atoms with Crippen LogP contribution in [0.15, 0.2) is 6.20 Å². The van der Waals surface area contributed by atoms with Crippen LogP contribution in [0.1, 0.15) is 56.3 Å². The van der Waals surface area contributed by atoms with Gasteiger partial charge in [0.15, 0.2) is 5.69 Å². The van der Waals surface area contributed by atoms with Crippen LogP contribution in [0.3, 0.4) is 0 Å². The minimum atomic E-state index is -1.04. The first-order chi connectivity index (χ1) is 10.7. The van der Waals surface area contributed by atoms with Crippen LogP contribution in [0.4, 0.5) is 4.79 Å². The molecule has 8 nitrogen and oxygen atoms in total. The predicted molar refractivity (Wildman–Crippen MR) is 82.7 cm³/mol. The minimum absolute atomic E-state index is 0.00100. The fourth-order valence-electron chi connectivity index (χ4n) is 2.00. The molecule has 1 aliphatic rings. The lowest BCUT2D eigenvalue weighted by Crippen LogP contribution is -2.48. The smallest absolute Gasteiger partial charge is 0.322 e. The van der Waals surface area contributed by atoms with Gasteiger partial charge in [-0.1, -0.05) is 32.4 Å². The lowest BCUT2D eigenvalue weighted by Gasteiger charge is -2.19. The van der Waals surface area contributed by atoms with Gasteiger partial charge in [0, 0.05) is 5.92 Å². The van der Waals surface area contributed by atoms with Crippen LogP contribution in [0.5, 0.6) is 0 Å². The van der Waals surface area contributed by atoms with E-state index in [1.54, 1.807) is 13.8 Å². The van der Waals surface area contributed by atoms with E-state index in [-0.39, 0.29) is 16.6 Å². The highest BCUT2D eigenvalue weighted by atomic mass is 35.5. The van der Waals surface area contributed by atoms with E-state index in [4.69, 9.17) is 11.6 Å². The molecule has 0 saturated carbocycles. The maximum atomic E-state index is 12.3. The third-order valence-corrected chi connectivity index (χ3v) is 3.95. The third-order valence-electron chi connectivity index (χ3n) is 3.68.